The summed E-state index contributed by atoms with van der Waals surface area (Å²) in [7, 11) is 0. The van der Waals surface area contributed by atoms with E-state index >= 15 is 0 Å². The SMILES string of the molecule is CC(C)C(NC(=O)c1ccc([N+](=O)[O-])cc1Cl)C(=O)NC1CCCC1CN. The molecule has 0 spiro atoms. The number of nitrogens with zero attached hydrogens (tertiary/aromatic N) is 1. The second kappa shape index (κ2) is 9.14. The van der Waals surface area contributed by atoms with Gasteiger partial charge in [0.1, 0.15) is 6.04 Å². The predicted molar refractivity (Wildman–Crippen MR) is 103 cm³/mol. The van der Waals surface area contributed by atoms with Gasteiger partial charge < -0.3 is 16.4 Å². The van der Waals surface area contributed by atoms with E-state index in [-0.39, 0.29) is 40.1 Å². The van der Waals surface area contributed by atoms with Gasteiger partial charge in [-0.1, -0.05) is 31.9 Å². The summed E-state index contributed by atoms with van der Waals surface area (Å²) in [6.45, 7) is 4.18. The number of nitrogens with two attached hydrogens (primary N) is 1. The molecule has 1 aliphatic rings. The first-order valence-electron chi connectivity index (χ1n) is 8.99. The first-order chi connectivity index (χ1) is 12.7. The van der Waals surface area contributed by atoms with Crippen LogP contribution in [-0.4, -0.2) is 35.4 Å². The number of carbonyl (C=O) groups is 2. The van der Waals surface area contributed by atoms with Crippen LogP contribution >= 0.6 is 11.6 Å². The lowest BCUT2D eigenvalue weighted by Gasteiger charge is -2.26. The van der Waals surface area contributed by atoms with E-state index in [1.54, 1.807) is 0 Å². The molecule has 3 atom stereocenters. The Labute approximate surface area is 163 Å². The first-order valence-corrected chi connectivity index (χ1v) is 9.37. The Morgan fingerprint density at radius 1 is 1.37 bits per heavy atom. The van der Waals surface area contributed by atoms with Crippen LogP contribution in [0.1, 0.15) is 43.5 Å². The molecule has 1 fully saturated rings. The topological polar surface area (TPSA) is 127 Å². The minimum atomic E-state index is -0.747. The Kier molecular flexibility index (Phi) is 7.15. The zero-order valence-electron chi connectivity index (χ0n) is 15.4. The van der Waals surface area contributed by atoms with Crippen LogP contribution < -0.4 is 16.4 Å². The zero-order chi connectivity index (χ0) is 20.1. The van der Waals surface area contributed by atoms with E-state index in [1.807, 2.05) is 13.8 Å². The Morgan fingerprint density at radius 2 is 2.07 bits per heavy atom. The van der Waals surface area contributed by atoms with Gasteiger partial charge in [-0.05, 0) is 37.3 Å². The fourth-order valence-corrected chi connectivity index (χ4v) is 3.60. The van der Waals surface area contributed by atoms with Crippen molar-refractivity contribution in [1.29, 1.82) is 0 Å². The van der Waals surface area contributed by atoms with E-state index in [4.69, 9.17) is 17.3 Å². The van der Waals surface area contributed by atoms with Gasteiger partial charge in [0, 0.05) is 18.2 Å². The predicted octanol–water partition coefficient (Wildman–Crippen LogP) is 2.25. The third-order valence-corrected chi connectivity index (χ3v) is 5.25. The standard InChI is InChI=1S/C18H25ClN4O4/c1-10(2)16(18(25)21-15-5-3-4-11(15)9-20)22-17(24)13-7-6-12(23(26)27)8-14(13)19/h6-8,10-11,15-16H,3-5,9,20H2,1-2H3,(H,21,25)(H,22,24). The highest BCUT2D eigenvalue weighted by atomic mass is 35.5. The van der Waals surface area contributed by atoms with Crippen molar-refractivity contribution in [1.82, 2.24) is 10.6 Å². The highest BCUT2D eigenvalue weighted by molar-refractivity contribution is 6.34. The Balaban J connectivity index is 2.10. The molecule has 9 heteroatoms. The summed E-state index contributed by atoms with van der Waals surface area (Å²) in [5.41, 5.74) is 5.64. The van der Waals surface area contributed by atoms with Crippen LogP contribution in [0.3, 0.4) is 0 Å². The molecule has 3 unspecified atom stereocenters. The van der Waals surface area contributed by atoms with Crippen molar-refractivity contribution >= 4 is 29.1 Å². The molecule has 1 aromatic rings. The molecule has 0 aliphatic heterocycles. The van der Waals surface area contributed by atoms with Gasteiger partial charge >= 0.3 is 0 Å². The van der Waals surface area contributed by atoms with Crippen LogP contribution in [0.25, 0.3) is 0 Å². The van der Waals surface area contributed by atoms with Gasteiger partial charge in [0.2, 0.25) is 5.91 Å². The largest absolute Gasteiger partial charge is 0.351 e. The molecule has 0 aromatic heterocycles. The number of hydrogen-bond donors (Lipinski definition) is 3. The number of hydrogen-bond acceptors (Lipinski definition) is 5. The van der Waals surface area contributed by atoms with Crippen molar-refractivity contribution in [2.75, 3.05) is 6.54 Å². The molecule has 1 saturated carbocycles. The van der Waals surface area contributed by atoms with Gasteiger partial charge in [-0.25, -0.2) is 0 Å². The summed E-state index contributed by atoms with van der Waals surface area (Å²) < 4.78 is 0. The van der Waals surface area contributed by atoms with E-state index in [2.05, 4.69) is 10.6 Å². The quantitative estimate of drug-likeness (QED) is 0.481. The molecule has 1 aromatic carbocycles. The van der Waals surface area contributed by atoms with Crippen LogP contribution in [-0.2, 0) is 4.79 Å². The molecule has 2 amide bonds. The Morgan fingerprint density at radius 3 is 2.63 bits per heavy atom. The summed E-state index contributed by atoms with van der Waals surface area (Å²) in [5, 5.41) is 16.4. The summed E-state index contributed by atoms with van der Waals surface area (Å²) in [6.07, 6.45) is 2.88. The lowest BCUT2D eigenvalue weighted by atomic mass is 10.00. The van der Waals surface area contributed by atoms with Gasteiger partial charge in [0.15, 0.2) is 0 Å². The average Bonchev–Trinajstić information content (AvgIpc) is 3.05. The van der Waals surface area contributed by atoms with Crippen molar-refractivity contribution in [3.05, 3.63) is 38.9 Å². The lowest BCUT2D eigenvalue weighted by molar-refractivity contribution is -0.384. The molecular weight excluding hydrogens is 372 g/mol. The first kappa shape index (κ1) is 21.1. The number of halogens is 1. The monoisotopic (exact) mass is 396 g/mol. The van der Waals surface area contributed by atoms with E-state index in [0.29, 0.717) is 6.54 Å². The van der Waals surface area contributed by atoms with Crippen molar-refractivity contribution < 1.29 is 14.5 Å². The van der Waals surface area contributed by atoms with E-state index < -0.39 is 16.9 Å². The van der Waals surface area contributed by atoms with Crippen LogP contribution in [0.15, 0.2) is 18.2 Å². The summed E-state index contributed by atoms with van der Waals surface area (Å²) >= 11 is 6.01. The van der Waals surface area contributed by atoms with Gasteiger partial charge in [-0.2, -0.15) is 0 Å². The number of nitrogens with one attached hydrogen (secondary N) is 2. The molecule has 0 bridgehead atoms. The number of carbonyl (C=O) groups excluding carboxylic acids is 2. The van der Waals surface area contributed by atoms with Crippen molar-refractivity contribution in [3.63, 3.8) is 0 Å². The fourth-order valence-electron chi connectivity index (χ4n) is 3.34. The molecule has 148 valence electrons. The van der Waals surface area contributed by atoms with Crippen molar-refractivity contribution in [2.24, 2.45) is 17.6 Å². The second-order valence-electron chi connectivity index (χ2n) is 7.16. The maximum Gasteiger partial charge on any atom is 0.270 e. The number of non-ortho nitro benzene ring substituents is 1. The Bertz CT molecular complexity index is 725. The molecule has 27 heavy (non-hydrogen) atoms. The fraction of sp³-hybridized carbons (Fsp3) is 0.556. The third-order valence-electron chi connectivity index (χ3n) is 4.93. The van der Waals surface area contributed by atoms with E-state index in [9.17, 15) is 19.7 Å². The summed E-state index contributed by atoms with van der Waals surface area (Å²) in [5.74, 6) is -0.711. The second-order valence-corrected chi connectivity index (χ2v) is 7.57. The van der Waals surface area contributed by atoms with Gasteiger partial charge in [-0.15, -0.1) is 0 Å². The van der Waals surface area contributed by atoms with Crippen LogP contribution in [0.2, 0.25) is 5.02 Å². The normalized spacial score (nSPS) is 20.3. The molecule has 0 heterocycles. The highest BCUT2D eigenvalue weighted by Gasteiger charge is 2.32. The highest BCUT2D eigenvalue weighted by Crippen LogP contribution is 2.25. The maximum absolute atomic E-state index is 12.7. The third kappa shape index (κ3) is 5.17. The van der Waals surface area contributed by atoms with Crippen molar-refractivity contribution in [2.45, 2.75) is 45.2 Å². The van der Waals surface area contributed by atoms with Crippen LogP contribution in [0, 0.1) is 22.0 Å². The minimum absolute atomic E-state index is 0.0172. The number of nitro groups is 1. The van der Waals surface area contributed by atoms with E-state index in [0.717, 1.165) is 25.3 Å². The van der Waals surface area contributed by atoms with E-state index in [1.165, 1.54) is 12.1 Å². The smallest absolute Gasteiger partial charge is 0.270 e. The lowest BCUT2D eigenvalue weighted by Crippen LogP contribution is -2.53. The number of amides is 2. The molecule has 0 saturated heterocycles. The van der Waals surface area contributed by atoms with Crippen LogP contribution in [0.5, 0.6) is 0 Å². The molecular formula is C18H25ClN4O4. The average molecular weight is 397 g/mol. The summed E-state index contributed by atoms with van der Waals surface area (Å²) in [6, 6.07) is 2.87. The molecule has 2 rings (SSSR count). The Hall–Kier alpha value is -2.19. The van der Waals surface area contributed by atoms with Crippen molar-refractivity contribution in [3.8, 4) is 0 Å². The molecule has 8 nitrogen and oxygen atoms in total. The van der Waals surface area contributed by atoms with Gasteiger partial charge in [0.05, 0.1) is 15.5 Å². The summed E-state index contributed by atoms with van der Waals surface area (Å²) in [4.78, 5) is 35.5. The van der Waals surface area contributed by atoms with Gasteiger partial charge in [-0.3, -0.25) is 19.7 Å². The molecule has 1 aliphatic carbocycles. The van der Waals surface area contributed by atoms with Crippen LogP contribution in [0.4, 0.5) is 5.69 Å². The number of rotatable bonds is 7. The number of nitro benzene ring substituents is 1. The molecule has 0 radical (unpaired) electrons. The minimum Gasteiger partial charge on any atom is -0.351 e. The number of benzene rings is 1. The van der Waals surface area contributed by atoms with Gasteiger partial charge in [0.25, 0.3) is 11.6 Å². The molecule has 4 N–H and O–H groups in total. The zero-order valence-corrected chi connectivity index (χ0v) is 16.2. The maximum atomic E-state index is 12.7.